The van der Waals surface area contributed by atoms with Crippen LogP contribution < -0.4 is 9.62 Å². The Morgan fingerprint density at radius 2 is 1.78 bits per heavy atom. The summed E-state index contributed by atoms with van der Waals surface area (Å²) in [7, 11) is -3.50. The van der Waals surface area contributed by atoms with E-state index in [-0.39, 0.29) is 31.3 Å². The number of rotatable bonds is 11. The summed E-state index contributed by atoms with van der Waals surface area (Å²) in [6.07, 6.45) is 1.56. The quantitative estimate of drug-likeness (QED) is 0.534. The first-order valence-corrected chi connectivity index (χ1v) is 12.7. The molecule has 0 spiro atoms. The number of halogens is 1. The zero-order valence-corrected chi connectivity index (χ0v) is 20.2. The molecule has 32 heavy (non-hydrogen) atoms. The topological polar surface area (TPSA) is 86.8 Å². The van der Waals surface area contributed by atoms with Gasteiger partial charge in [0.05, 0.1) is 11.9 Å². The maximum atomic E-state index is 13.1. The van der Waals surface area contributed by atoms with Crippen molar-refractivity contribution in [3.8, 4) is 0 Å². The van der Waals surface area contributed by atoms with Crippen molar-refractivity contribution >= 4 is 39.1 Å². The minimum atomic E-state index is -3.50. The van der Waals surface area contributed by atoms with Gasteiger partial charge < -0.3 is 10.2 Å². The first-order valence-electron chi connectivity index (χ1n) is 10.5. The first kappa shape index (κ1) is 25.7. The summed E-state index contributed by atoms with van der Waals surface area (Å²) in [5.74, 6) is -0.477. The molecule has 0 aromatic heterocycles. The molecule has 1 N–H and O–H groups in total. The zero-order chi connectivity index (χ0) is 23.7. The molecule has 2 amide bonds. The van der Waals surface area contributed by atoms with Gasteiger partial charge in [-0.25, -0.2) is 8.42 Å². The lowest BCUT2D eigenvalue weighted by Crippen LogP contribution is -2.47. The van der Waals surface area contributed by atoms with Gasteiger partial charge in [-0.2, -0.15) is 0 Å². The number of nitrogens with one attached hydrogen (secondary N) is 1. The highest BCUT2D eigenvalue weighted by atomic mass is 35.5. The van der Waals surface area contributed by atoms with Crippen molar-refractivity contribution in [3.63, 3.8) is 0 Å². The molecule has 9 heteroatoms. The monoisotopic (exact) mass is 479 g/mol. The Hall–Kier alpha value is -2.58. The molecule has 2 rings (SSSR count). The van der Waals surface area contributed by atoms with Crippen molar-refractivity contribution in [2.75, 3.05) is 23.7 Å². The molecule has 0 aliphatic rings. The molecule has 0 aliphatic heterocycles. The number of para-hydroxylation sites is 1. The third-order valence-electron chi connectivity index (χ3n) is 4.96. The number of hydrogen-bond acceptors (Lipinski definition) is 4. The number of carbonyl (C=O) groups is 2. The van der Waals surface area contributed by atoms with Gasteiger partial charge in [-0.1, -0.05) is 41.9 Å². The summed E-state index contributed by atoms with van der Waals surface area (Å²) in [6, 6.07) is 15.2. The largest absolute Gasteiger partial charge is 0.355 e. The SMILES string of the molecule is CCNC(=O)[C@@H](C)N(Cc1cccc(Cl)c1)C(=O)CCCN(c1ccccc1)S(C)(=O)=O. The Balaban J connectivity index is 2.13. The van der Waals surface area contributed by atoms with Crippen LogP contribution in [-0.4, -0.2) is 50.5 Å². The zero-order valence-electron chi connectivity index (χ0n) is 18.6. The average Bonchev–Trinajstić information content (AvgIpc) is 2.74. The number of anilines is 1. The van der Waals surface area contributed by atoms with Crippen molar-refractivity contribution in [1.82, 2.24) is 10.2 Å². The normalized spacial score (nSPS) is 12.1. The lowest BCUT2D eigenvalue weighted by atomic mass is 10.1. The van der Waals surface area contributed by atoms with Crippen LogP contribution >= 0.6 is 11.6 Å². The number of sulfonamides is 1. The molecule has 0 saturated heterocycles. The number of benzene rings is 2. The molecule has 0 saturated carbocycles. The van der Waals surface area contributed by atoms with Gasteiger partial charge in [-0.3, -0.25) is 13.9 Å². The first-order chi connectivity index (χ1) is 15.1. The van der Waals surface area contributed by atoms with Crippen LogP contribution in [0.2, 0.25) is 5.02 Å². The lowest BCUT2D eigenvalue weighted by Gasteiger charge is -2.29. The predicted molar refractivity (Wildman–Crippen MR) is 128 cm³/mol. The average molecular weight is 480 g/mol. The van der Waals surface area contributed by atoms with Crippen molar-refractivity contribution < 1.29 is 18.0 Å². The molecule has 174 valence electrons. The van der Waals surface area contributed by atoms with Gasteiger partial charge in [0.1, 0.15) is 6.04 Å². The number of nitrogens with zero attached hydrogens (tertiary/aromatic N) is 2. The smallest absolute Gasteiger partial charge is 0.242 e. The molecular formula is C23H30ClN3O4S. The van der Waals surface area contributed by atoms with Crippen molar-refractivity contribution in [1.29, 1.82) is 0 Å². The minimum Gasteiger partial charge on any atom is -0.355 e. The standard InChI is InChI=1S/C23H30ClN3O4S/c1-4-25-23(29)18(2)26(17-19-10-8-11-20(24)16-19)22(28)14-9-15-27(32(3,30)31)21-12-6-5-7-13-21/h5-8,10-13,16,18H,4,9,14-15,17H2,1-3H3,(H,25,29)/t18-/m1/s1. The highest BCUT2D eigenvalue weighted by Gasteiger charge is 2.26. The molecule has 0 heterocycles. The van der Waals surface area contributed by atoms with Crippen LogP contribution in [0.3, 0.4) is 0 Å². The molecule has 2 aromatic carbocycles. The van der Waals surface area contributed by atoms with E-state index in [4.69, 9.17) is 11.6 Å². The number of amides is 2. The van der Waals surface area contributed by atoms with Crippen LogP contribution in [0, 0.1) is 0 Å². The summed E-state index contributed by atoms with van der Waals surface area (Å²) in [5.41, 5.74) is 1.36. The molecular weight excluding hydrogens is 450 g/mol. The highest BCUT2D eigenvalue weighted by Crippen LogP contribution is 2.19. The van der Waals surface area contributed by atoms with Crippen LogP contribution in [0.25, 0.3) is 0 Å². The fourth-order valence-corrected chi connectivity index (χ4v) is 4.51. The maximum absolute atomic E-state index is 13.1. The molecule has 0 aliphatic carbocycles. The Bertz CT molecular complexity index is 1010. The number of hydrogen-bond donors (Lipinski definition) is 1. The Kier molecular flexibility index (Phi) is 9.53. The van der Waals surface area contributed by atoms with E-state index >= 15 is 0 Å². The van der Waals surface area contributed by atoms with Gasteiger partial charge in [0, 0.05) is 31.1 Å². The Labute approximate surface area is 195 Å². The molecule has 0 unspecified atom stereocenters. The summed E-state index contributed by atoms with van der Waals surface area (Å²) >= 11 is 6.07. The summed E-state index contributed by atoms with van der Waals surface area (Å²) < 4.78 is 25.8. The third-order valence-corrected chi connectivity index (χ3v) is 6.39. The second kappa shape index (κ2) is 11.9. The van der Waals surface area contributed by atoms with Crippen molar-refractivity contribution in [2.24, 2.45) is 0 Å². The summed E-state index contributed by atoms with van der Waals surface area (Å²) in [5, 5.41) is 3.30. The lowest BCUT2D eigenvalue weighted by molar-refractivity contribution is -0.140. The molecule has 0 bridgehead atoms. The summed E-state index contributed by atoms with van der Waals surface area (Å²) in [6.45, 7) is 4.35. The fourth-order valence-electron chi connectivity index (χ4n) is 3.33. The van der Waals surface area contributed by atoms with Gasteiger partial charge in [0.2, 0.25) is 21.8 Å². The molecule has 2 aromatic rings. The second-order valence-corrected chi connectivity index (χ2v) is 9.84. The van der Waals surface area contributed by atoms with E-state index in [0.29, 0.717) is 23.7 Å². The summed E-state index contributed by atoms with van der Waals surface area (Å²) in [4.78, 5) is 27.0. The van der Waals surface area contributed by atoms with Gasteiger partial charge >= 0.3 is 0 Å². The van der Waals surface area contributed by atoms with Crippen molar-refractivity contribution in [3.05, 3.63) is 65.2 Å². The van der Waals surface area contributed by atoms with Gasteiger partial charge in [0.25, 0.3) is 0 Å². The van der Waals surface area contributed by atoms with E-state index in [1.54, 1.807) is 49.4 Å². The van der Waals surface area contributed by atoms with Crippen LogP contribution in [0.5, 0.6) is 0 Å². The molecule has 1 atom stereocenters. The van der Waals surface area contributed by atoms with Gasteiger partial charge in [0.15, 0.2) is 0 Å². The van der Waals surface area contributed by atoms with Crippen LogP contribution in [0.4, 0.5) is 5.69 Å². The number of likely N-dealkylation sites (N-methyl/N-ethyl adjacent to an activating group) is 1. The molecule has 7 nitrogen and oxygen atoms in total. The predicted octanol–water partition coefficient (Wildman–Crippen LogP) is 3.44. The van der Waals surface area contributed by atoms with Crippen LogP contribution in [-0.2, 0) is 26.2 Å². The Morgan fingerprint density at radius 3 is 2.38 bits per heavy atom. The molecule has 0 fully saturated rings. The van der Waals surface area contributed by atoms with E-state index in [1.807, 2.05) is 19.1 Å². The van der Waals surface area contributed by atoms with E-state index in [9.17, 15) is 18.0 Å². The van der Waals surface area contributed by atoms with Gasteiger partial charge in [-0.15, -0.1) is 0 Å². The maximum Gasteiger partial charge on any atom is 0.242 e. The third kappa shape index (κ3) is 7.53. The minimum absolute atomic E-state index is 0.100. The van der Waals surface area contributed by atoms with Crippen LogP contribution in [0.1, 0.15) is 32.3 Å². The van der Waals surface area contributed by atoms with Crippen molar-refractivity contribution in [2.45, 2.75) is 39.3 Å². The highest BCUT2D eigenvalue weighted by molar-refractivity contribution is 7.92. The van der Waals surface area contributed by atoms with E-state index in [2.05, 4.69) is 5.32 Å². The van der Waals surface area contributed by atoms with E-state index in [0.717, 1.165) is 11.8 Å². The van der Waals surface area contributed by atoms with Gasteiger partial charge in [-0.05, 0) is 50.1 Å². The van der Waals surface area contributed by atoms with E-state index in [1.165, 1.54) is 9.21 Å². The Morgan fingerprint density at radius 1 is 1.09 bits per heavy atom. The molecule has 0 radical (unpaired) electrons. The number of carbonyl (C=O) groups excluding carboxylic acids is 2. The fraction of sp³-hybridized carbons (Fsp3) is 0.391. The van der Waals surface area contributed by atoms with Crippen LogP contribution in [0.15, 0.2) is 54.6 Å². The van der Waals surface area contributed by atoms with E-state index < -0.39 is 16.1 Å². The second-order valence-electron chi connectivity index (χ2n) is 7.50.